The number of carbonyl (C=O) groups excluding carboxylic acids is 2. The molecule has 0 bridgehead atoms. The van der Waals surface area contributed by atoms with Gasteiger partial charge in [-0.15, -0.1) is 0 Å². The summed E-state index contributed by atoms with van der Waals surface area (Å²) >= 11 is 0. The van der Waals surface area contributed by atoms with E-state index in [1.807, 2.05) is 16.8 Å². The fraction of sp³-hybridized carbons (Fsp3) is 0.500. The third kappa shape index (κ3) is 3.01. The molecule has 2 amide bonds. The SMILES string of the molecule is CN1C[C@H]2CN(C(=O)c3cn[nH]c3-c3ccc(F)cc3)C[C@@]2(C(=O)N2CCCC2)C1. The molecule has 0 radical (unpaired) electrons. The number of aromatic nitrogens is 2. The maximum atomic E-state index is 13.5. The van der Waals surface area contributed by atoms with Crippen LogP contribution in [0.25, 0.3) is 11.3 Å². The number of rotatable bonds is 3. The lowest BCUT2D eigenvalue weighted by atomic mass is 9.79. The number of amides is 2. The summed E-state index contributed by atoms with van der Waals surface area (Å²) in [5.74, 6) is -0.116. The van der Waals surface area contributed by atoms with Gasteiger partial charge in [-0.25, -0.2) is 4.39 Å². The van der Waals surface area contributed by atoms with Crippen LogP contribution in [-0.2, 0) is 4.79 Å². The number of fused-ring (bicyclic) bond motifs is 1. The predicted octanol–water partition coefficient (Wildman–Crippen LogP) is 1.84. The largest absolute Gasteiger partial charge is 0.342 e. The van der Waals surface area contributed by atoms with Crippen molar-refractivity contribution in [2.75, 3.05) is 46.3 Å². The van der Waals surface area contributed by atoms with Crippen molar-refractivity contribution in [2.45, 2.75) is 12.8 Å². The summed E-state index contributed by atoms with van der Waals surface area (Å²) < 4.78 is 13.3. The topological polar surface area (TPSA) is 72.5 Å². The van der Waals surface area contributed by atoms with Gasteiger partial charge in [0.15, 0.2) is 0 Å². The van der Waals surface area contributed by atoms with Gasteiger partial charge in [-0.3, -0.25) is 14.7 Å². The predicted molar refractivity (Wildman–Crippen MR) is 109 cm³/mol. The van der Waals surface area contributed by atoms with Crippen LogP contribution in [0.3, 0.4) is 0 Å². The minimum absolute atomic E-state index is 0.131. The number of halogens is 1. The fourth-order valence-electron chi connectivity index (χ4n) is 5.46. The van der Waals surface area contributed by atoms with Crippen LogP contribution in [-0.4, -0.2) is 83.0 Å². The highest BCUT2D eigenvalue weighted by molar-refractivity contribution is 6.00. The first kappa shape index (κ1) is 19.2. The molecule has 7 nitrogen and oxygen atoms in total. The standard InChI is InChI=1S/C22H26FN5O2/c1-26-11-16-12-28(14-22(16,13-26)21(30)27-8-2-3-9-27)20(29)18-10-24-25-19(18)15-4-6-17(23)7-5-15/h4-7,10,16H,2-3,8-9,11-14H2,1H3,(H,24,25)/t16-,22-/m0/s1. The summed E-state index contributed by atoms with van der Waals surface area (Å²) in [5.41, 5.74) is 1.22. The molecule has 1 aromatic carbocycles. The molecular weight excluding hydrogens is 385 g/mol. The van der Waals surface area contributed by atoms with Gasteiger partial charge in [0.25, 0.3) is 5.91 Å². The van der Waals surface area contributed by atoms with Crippen LogP contribution in [0.1, 0.15) is 23.2 Å². The molecule has 3 fully saturated rings. The number of hydrogen-bond donors (Lipinski definition) is 1. The Balaban J connectivity index is 1.41. The van der Waals surface area contributed by atoms with Crippen molar-refractivity contribution < 1.29 is 14.0 Å². The molecular formula is C22H26FN5O2. The van der Waals surface area contributed by atoms with Crippen LogP contribution in [0, 0.1) is 17.2 Å². The molecule has 3 aliphatic rings. The molecule has 2 atom stereocenters. The Morgan fingerprint density at radius 1 is 1.10 bits per heavy atom. The van der Waals surface area contributed by atoms with E-state index in [9.17, 15) is 14.0 Å². The molecule has 1 N–H and O–H groups in total. The number of hydrogen-bond acceptors (Lipinski definition) is 4. The van der Waals surface area contributed by atoms with Crippen LogP contribution in [0.2, 0.25) is 0 Å². The molecule has 158 valence electrons. The first-order chi connectivity index (χ1) is 14.5. The molecule has 0 unspecified atom stereocenters. The number of benzene rings is 1. The van der Waals surface area contributed by atoms with Gasteiger partial charge in [0.2, 0.25) is 5.91 Å². The van der Waals surface area contributed by atoms with Gasteiger partial charge < -0.3 is 14.7 Å². The Labute approximate surface area is 174 Å². The van der Waals surface area contributed by atoms with Crippen molar-refractivity contribution in [3.8, 4) is 11.3 Å². The number of nitrogens with one attached hydrogen (secondary N) is 1. The van der Waals surface area contributed by atoms with Gasteiger partial charge in [-0.05, 0) is 44.2 Å². The summed E-state index contributed by atoms with van der Waals surface area (Å²) in [4.78, 5) is 32.9. The quantitative estimate of drug-likeness (QED) is 0.837. The number of nitrogens with zero attached hydrogens (tertiary/aromatic N) is 4. The highest BCUT2D eigenvalue weighted by Gasteiger charge is 2.58. The van der Waals surface area contributed by atoms with E-state index >= 15 is 0 Å². The molecule has 5 rings (SSSR count). The Morgan fingerprint density at radius 3 is 2.57 bits per heavy atom. The van der Waals surface area contributed by atoms with Gasteiger partial charge in [0.05, 0.1) is 22.9 Å². The Morgan fingerprint density at radius 2 is 1.83 bits per heavy atom. The van der Waals surface area contributed by atoms with Crippen LogP contribution in [0.5, 0.6) is 0 Å². The number of likely N-dealkylation sites (tertiary alicyclic amines) is 3. The molecule has 8 heteroatoms. The number of carbonyl (C=O) groups is 2. The van der Waals surface area contributed by atoms with Crippen LogP contribution in [0.4, 0.5) is 4.39 Å². The van der Waals surface area contributed by atoms with Crippen molar-refractivity contribution in [1.29, 1.82) is 0 Å². The summed E-state index contributed by atoms with van der Waals surface area (Å²) in [6.07, 6.45) is 3.64. The smallest absolute Gasteiger partial charge is 0.257 e. The minimum atomic E-state index is -0.519. The summed E-state index contributed by atoms with van der Waals surface area (Å²) in [7, 11) is 2.05. The molecule has 0 saturated carbocycles. The third-order valence-electron chi connectivity index (χ3n) is 6.89. The van der Waals surface area contributed by atoms with Gasteiger partial charge in [0.1, 0.15) is 5.82 Å². The van der Waals surface area contributed by atoms with Crippen molar-refractivity contribution >= 4 is 11.8 Å². The maximum Gasteiger partial charge on any atom is 0.257 e. The zero-order chi connectivity index (χ0) is 20.9. The Hall–Kier alpha value is -2.74. The second kappa shape index (κ2) is 7.19. The first-order valence-corrected chi connectivity index (χ1v) is 10.5. The molecule has 4 heterocycles. The zero-order valence-corrected chi connectivity index (χ0v) is 17.1. The van der Waals surface area contributed by atoms with E-state index in [1.165, 1.54) is 18.3 Å². The van der Waals surface area contributed by atoms with E-state index in [2.05, 4.69) is 15.1 Å². The van der Waals surface area contributed by atoms with Gasteiger partial charge in [-0.2, -0.15) is 5.10 Å². The van der Waals surface area contributed by atoms with Crippen molar-refractivity contribution in [2.24, 2.45) is 11.3 Å². The summed E-state index contributed by atoms with van der Waals surface area (Å²) in [6, 6.07) is 5.99. The van der Waals surface area contributed by atoms with Crippen LogP contribution in [0.15, 0.2) is 30.5 Å². The molecule has 3 aliphatic heterocycles. The third-order valence-corrected chi connectivity index (χ3v) is 6.89. The van der Waals surface area contributed by atoms with Crippen molar-refractivity contribution in [1.82, 2.24) is 24.9 Å². The average molecular weight is 411 g/mol. The van der Waals surface area contributed by atoms with E-state index in [4.69, 9.17) is 0 Å². The molecule has 2 aromatic rings. The lowest BCUT2D eigenvalue weighted by Gasteiger charge is -2.32. The molecule has 30 heavy (non-hydrogen) atoms. The summed E-state index contributed by atoms with van der Waals surface area (Å²) in [6.45, 7) is 4.15. The lowest BCUT2D eigenvalue weighted by Crippen LogP contribution is -2.49. The number of H-pyrrole nitrogens is 1. The molecule has 0 spiro atoms. The van der Waals surface area contributed by atoms with E-state index in [0.29, 0.717) is 36.5 Å². The monoisotopic (exact) mass is 411 g/mol. The van der Waals surface area contributed by atoms with Crippen molar-refractivity contribution in [3.05, 3.63) is 41.8 Å². The lowest BCUT2D eigenvalue weighted by molar-refractivity contribution is -0.141. The van der Waals surface area contributed by atoms with Crippen LogP contribution >= 0.6 is 0 Å². The minimum Gasteiger partial charge on any atom is -0.342 e. The van der Waals surface area contributed by atoms with Gasteiger partial charge in [0, 0.05) is 50.7 Å². The highest BCUT2D eigenvalue weighted by Crippen LogP contribution is 2.44. The summed E-state index contributed by atoms with van der Waals surface area (Å²) in [5, 5.41) is 6.94. The Bertz CT molecular complexity index is 968. The molecule has 1 aromatic heterocycles. The van der Waals surface area contributed by atoms with E-state index in [1.54, 1.807) is 12.1 Å². The second-order valence-corrected chi connectivity index (χ2v) is 8.90. The highest BCUT2D eigenvalue weighted by atomic mass is 19.1. The number of aromatic amines is 1. The van der Waals surface area contributed by atoms with E-state index in [-0.39, 0.29) is 23.5 Å². The van der Waals surface area contributed by atoms with Gasteiger partial charge >= 0.3 is 0 Å². The average Bonchev–Trinajstić information content (AvgIpc) is 3.50. The van der Waals surface area contributed by atoms with Gasteiger partial charge in [-0.1, -0.05) is 0 Å². The maximum absolute atomic E-state index is 13.5. The fourth-order valence-corrected chi connectivity index (χ4v) is 5.46. The molecule has 3 saturated heterocycles. The Kier molecular flexibility index (Phi) is 4.61. The normalized spacial score (nSPS) is 26.4. The van der Waals surface area contributed by atoms with E-state index < -0.39 is 5.41 Å². The first-order valence-electron chi connectivity index (χ1n) is 10.5. The zero-order valence-electron chi connectivity index (χ0n) is 17.1. The van der Waals surface area contributed by atoms with E-state index in [0.717, 1.165) is 32.5 Å². The second-order valence-electron chi connectivity index (χ2n) is 8.90. The molecule has 0 aliphatic carbocycles. The van der Waals surface area contributed by atoms with Crippen molar-refractivity contribution in [3.63, 3.8) is 0 Å². The van der Waals surface area contributed by atoms with Crippen LogP contribution < -0.4 is 0 Å².